The van der Waals surface area contributed by atoms with Crippen LogP contribution in [-0.4, -0.2) is 20.0 Å². The molecule has 1 rings (SSSR count). The van der Waals surface area contributed by atoms with Crippen molar-refractivity contribution in [1.29, 1.82) is 0 Å². The molecule has 0 atom stereocenters. The van der Waals surface area contributed by atoms with Crippen LogP contribution in [0.5, 0.6) is 11.5 Å². The minimum absolute atomic E-state index is 0.172. The number of Topliss-reactive ketones (excluding diaryl/α,β-unsaturated/α-hetero) is 1. The van der Waals surface area contributed by atoms with Gasteiger partial charge in [-0.1, -0.05) is 13.8 Å². The van der Waals surface area contributed by atoms with E-state index in [4.69, 9.17) is 9.47 Å². The fourth-order valence-corrected chi connectivity index (χ4v) is 1.83. The van der Waals surface area contributed by atoms with E-state index >= 15 is 0 Å². The van der Waals surface area contributed by atoms with Gasteiger partial charge in [-0.15, -0.1) is 0 Å². The molecule has 0 radical (unpaired) electrons. The lowest BCUT2D eigenvalue weighted by molar-refractivity contribution is 0.0980. The highest BCUT2D eigenvalue weighted by molar-refractivity contribution is 5.98. The van der Waals surface area contributed by atoms with Crippen molar-refractivity contribution >= 4 is 5.78 Å². The number of hydrogen-bond donors (Lipinski definition) is 0. The van der Waals surface area contributed by atoms with Gasteiger partial charge in [0.05, 0.1) is 14.2 Å². The molecule has 0 saturated carbocycles. The lowest BCUT2D eigenvalue weighted by Crippen LogP contribution is -2.05. The van der Waals surface area contributed by atoms with Crippen LogP contribution in [0.1, 0.15) is 42.6 Å². The summed E-state index contributed by atoms with van der Waals surface area (Å²) in [7, 11) is 3.18. The number of ketones is 1. The first-order chi connectivity index (χ1) is 8.17. The molecule has 1 aromatic rings. The zero-order chi connectivity index (χ0) is 12.8. The molecule has 0 aromatic heterocycles. The van der Waals surface area contributed by atoms with Gasteiger partial charge in [0, 0.05) is 12.0 Å². The van der Waals surface area contributed by atoms with Crippen molar-refractivity contribution in [2.24, 2.45) is 0 Å². The Balaban J connectivity index is 3.23. The summed E-state index contributed by atoms with van der Waals surface area (Å²) >= 11 is 0. The van der Waals surface area contributed by atoms with E-state index in [2.05, 4.69) is 0 Å². The molecule has 0 unspecified atom stereocenters. The van der Waals surface area contributed by atoms with Gasteiger partial charge in [-0.2, -0.15) is 0 Å². The Kier molecular flexibility index (Phi) is 5.01. The first kappa shape index (κ1) is 13.6. The van der Waals surface area contributed by atoms with Crippen molar-refractivity contribution in [1.82, 2.24) is 0 Å². The molecular formula is C14H20O3. The van der Waals surface area contributed by atoms with Gasteiger partial charge in [-0.3, -0.25) is 4.79 Å². The highest BCUT2D eigenvalue weighted by atomic mass is 16.5. The Hall–Kier alpha value is -1.51. The summed E-state index contributed by atoms with van der Waals surface area (Å²) in [5.41, 5.74) is 1.77. The Bertz CT molecular complexity index is 397. The maximum absolute atomic E-state index is 12.0. The third-order valence-electron chi connectivity index (χ3n) is 2.77. The molecule has 3 nitrogen and oxygen atoms in total. The minimum atomic E-state index is 0.172. The van der Waals surface area contributed by atoms with Gasteiger partial charge < -0.3 is 9.47 Å². The molecule has 0 amide bonds. The van der Waals surface area contributed by atoms with Gasteiger partial charge >= 0.3 is 0 Å². The fraction of sp³-hybridized carbons (Fsp3) is 0.500. The molecule has 17 heavy (non-hydrogen) atoms. The smallest absolute Gasteiger partial charge is 0.163 e. The van der Waals surface area contributed by atoms with Crippen LogP contribution in [0.15, 0.2) is 12.1 Å². The molecule has 0 saturated heterocycles. The Morgan fingerprint density at radius 3 is 2.18 bits per heavy atom. The van der Waals surface area contributed by atoms with Crippen molar-refractivity contribution in [3.8, 4) is 11.5 Å². The first-order valence-corrected chi connectivity index (χ1v) is 5.95. The standard InChI is InChI=1S/C14H20O3/c1-5-7-12(15)11-9-14(17-4)13(16-3)8-10(11)6-2/h8-9H,5-7H2,1-4H3. The molecule has 94 valence electrons. The Labute approximate surface area is 103 Å². The van der Waals surface area contributed by atoms with Crippen molar-refractivity contribution in [3.05, 3.63) is 23.3 Å². The van der Waals surface area contributed by atoms with Gasteiger partial charge in [-0.25, -0.2) is 0 Å². The van der Waals surface area contributed by atoms with Crippen LogP contribution in [-0.2, 0) is 6.42 Å². The number of rotatable bonds is 6. The molecule has 0 spiro atoms. The van der Waals surface area contributed by atoms with Crippen molar-refractivity contribution in [2.75, 3.05) is 14.2 Å². The second kappa shape index (κ2) is 6.28. The maximum Gasteiger partial charge on any atom is 0.163 e. The lowest BCUT2D eigenvalue weighted by Gasteiger charge is -2.13. The lowest BCUT2D eigenvalue weighted by atomic mass is 9.98. The van der Waals surface area contributed by atoms with E-state index < -0.39 is 0 Å². The number of benzene rings is 1. The molecule has 1 aromatic carbocycles. The largest absolute Gasteiger partial charge is 0.493 e. The van der Waals surface area contributed by atoms with Crippen LogP contribution in [0.2, 0.25) is 0 Å². The molecule has 0 aliphatic carbocycles. The minimum Gasteiger partial charge on any atom is -0.493 e. The Morgan fingerprint density at radius 2 is 1.71 bits per heavy atom. The van der Waals surface area contributed by atoms with E-state index in [1.54, 1.807) is 20.3 Å². The predicted octanol–water partition coefficient (Wildman–Crippen LogP) is 3.25. The van der Waals surface area contributed by atoms with Crippen LogP contribution in [0.4, 0.5) is 0 Å². The monoisotopic (exact) mass is 236 g/mol. The van der Waals surface area contributed by atoms with E-state index in [1.165, 1.54) is 0 Å². The first-order valence-electron chi connectivity index (χ1n) is 5.95. The van der Waals surface area contributed by atoms with Crippen molar-refractivity contribution < 1.29 is 14.3 Å². The van der Waals surface area contributed by atoms with E-state index in [0.717, 1.165) is 24.0 Å². The SMILES string of the molecule is CCCC(=O)c1cc(OC)c(OC)cc1CC. The summed E-state index contributed by atoms with van der Waals surface area (Å²) < 4.78 is 10.5. The van der Waals surface area contributed by atoms with Crippen LogP contribution in [0.3, 0.4) is 0 Å². The molecule has 0 N–H and O–H groups in total. The van der Waals surface area contributed by atoms with E-state index in [-0.39, 0.29) is 5.78 Å². The third kappa shape index (κ3) is 2.99. The molecule has 0 bridgehead atoms. The van der Waals surface area contributed by atoms with Crippen LogP contribution < -0.4 is 9.47 Å². The van der Waals surface area contributed by atoms with Gasteiger partial charge in [-0.05, 0) is 30.5 Å². The number of hydrogen-bond acceptors (Lipinski definition) is 3. The zero-order valence-corrected chi connectivity index (χ0v) is 11.0. The highest BCUT2D eigenvalue weighted by Crippen LogP contribution is 2.31. The molecule has 0 aliphatic heterocycles. The second-order valence-electron chi connectivity index (χ2n) is 3.89. The van der Waals surface area contributed by atoms with Gasteiger partial charge in [0.25, 0.3) is 0 Å². The van der Waals surface area contributed by atoms with Crippen molar-refractivity contribution in [3.63, 3.8) is 0 Å². The van der Waals surface area contributed by atoms with E-state index in [1.807, 2.05) is 19.9 Å². The average molecular weight is 236 g/mol. The number of ether oxygens (including phenoxy) is 2. The van der Waals surface area contributed by atoms with Gasteiger partial charge in [0.1, 0.15) is 0 Å². The number of methoxy groups -OCH3 is 2. The molecule has 3 heteroatoms. The molecule has 0 fully saturated rings. The number of carbonyl (C=O) groups is 1. The molecular weight excluding hydrogens is 216 g/mol. The molecule has 0 aliphatic rings. The number of carbonyl (C=O) groups excluding carboxylic acids is 1. The van der Waals surface area contributed by atoms with Gasteiger partial charge in [0.2, 0.25) is 0 Å². The third-order valence-corrected chi connectivity index (χ3v) is 2.77. The van der Waals surface area contributed by atoms with Crippen LogP contribution in [0, 0.1) is 0 Å². The van der Waals surface area contributed by atoms with Crippen LogP contribution >= 0.6 is 0 Å². The van der Waals surface area contributed by atoms with Gasteiger partial charge in [0.15, 0.2) is 17.3 Å². The summed E-state index contributed by atoms with van der Waals surface area (Å²) in [5, 5.41) is 0. The average Bonchev–Trinajstić information content (AvgIpc) is 2.37. The summed E-state index contributed by atoms with van der Waals surface area (Å²) in [4.78, 5) is 12.0. The quantitative estimate of drug-likeness (QED) is 0.711. The van der Waals surface area contributed by atoms with E-state index in [9.17, 15) is 4.79 Å². The summed E-state index contributed by atoms with van der Waals surface area (Å²) in [6.07, 6.45) is 2.24. The topological polar surface area (TPSA) is 35.5 Å². The summed E-state index contributed by atoms with van der Waals surface area (Å²) in [5.74, 6) is 1.46. The summed E-state index contributed by atoms with van der Waals surface area (Å²) in [6, 6.07) is 3.68. The van der Waals surface area contributed by atoms with Crippen molar-refractivity contribution in [2.45, 2.75) is 33.1 Å². The second-order valence-corrected chi connectivity index (χ2v) is 3.89. The summed E-state index contributed by atoms with van der Waals surface area (Å²) in [6.45, 7) is 4.04. The fourth-order valence-electron chi connectivity index (χ4n) is 1.83. The Morgan fingerprint density at radius 1 is 1.12 bits per heavy atom. The molecule has 0 heterocycles. The highest BCUT2D eigenvalue weighted by Gasteiger charge is 2.14. The zero-order valence-electron chi connectivity index (χ0n) is 11.0. The normalized spacial score (nSPS) is 10.1. The van der Waals surface area contributed by atoms with E-state index in [0.29, 0.717) is 17.9 Å². The number of aryl methyl sites for hydroxylation is 1. The predicted molar refractivity (Wildman–Crippen MR) is 68.2 cm³/mol. The maximum atomic E-state index is 12.0. The van der Waals surface area contributed by atoms with Crippen LogP contribution in [0.25, 0.3) is 0 Å².